The lowest BCUT2D eigenvalue weighted by Gasteiger charge is -2.21. The molecule has 22 heavy (non-hydrogen) atoms. The maximum absolute atomic E-state index is 12.2. The lowest BCUT2D eigenvalue weighted by atomic mass is 9.97. The zero-order chi connectivity index (χ0) is 15.9. The van der Waals surface area contributed by atoms with Gasteiger partial charge >= 0.3 is 6.03 Å². The van der Waals surface area contributed by atoms with Gasteiger partial charge in [0.25, 0.3) is 0 Å². The average Bonchev–Trinajstić information content (AvgIpc) is 2.47. The maximum Gasteiger partial charge on any atom is 0.319 e. The van der Waals surface area contributed by atoms with Crippen LogP contribution in [0.3, 0.4) is 0 Å². The van der Waals surface area contributed by atoms with Crippen molar-refractivity contribution in [3.63, 3.8) is 0 Å². The Bertz CT molecular complexity index is 613. The predicted octanol–water partition coefficient (Wildman–Crippen LogP) is 5.25. The number of amides is 2. The molecule has 116 valence electrons. The first kappa shape index (κ1) is 16.4. The third-order valence-corrected chi connectivity index (χ3v) is 3.53. The van der Waals surface area contributed by atoms with E-state index in [1.54, 1.807) is 18.2 Å². The highest BCUT2D eigenvalue weighted by Crippen LogP contribution is 2.21. The van der Waals surface area contributed by atoms with Gasteiger partial charge in [0.15, 0.2) is 0 Å². The van der Waals surface area contributed by atoms with Crippen LogP contribution in [0.2, 0.25) is 5.02 Å². The molecule has 2 N–H and O–H groups in total. The van der Waals surface area contributed by atoms with E-state index < -0.39 is 0 Å². The molecule has 2 rings (SSSR count). The van der Waals surface area contributed by atoms with E-state index in [9.17, 15) is 4.79 Å². The second-order valence-corrected chi connectivity index (χ2v) is 6.14. The van der Waals surface area contributed by atoms with Gasteiger partial charge in [-0.05, 0) is 36.1 Å². The molecule has 2 aromatic rings. The van der Waals surface area contributed by atoms with Gasteiger partial charge in [0.2, 0.25) is 0 Å². The largest absolute Gasteiger partial charge is 0.331 e. The zero-order valence-electron chi connectivity index (χ0n) is 12.8. The molecule has 0 saturated carbocycles. The van der Waals surface area contributed by atoms with Gasteiger partial charge in [0.05, 0.1) is 6.04 Å². The first-order valence-electron chi connectivity index (χ1n) is 7.42. The summed E-state index contributed by atoms with van der Waals surface area (Å²) in [5.74, 6) is 0.483. The van der Waals surface area contributed by atoms with Crippen LogP contribution < -0.4 is 10.6 Å². The van der Waals surface area contributed by atoms with Gasteiger partial charge < -0.3 is 10.6 Å². The number of hydrogen-bond acceptors (Lipinski definition) is 1. The smallest absolute Gasteiger partial charge is 0.319 e. The van der Waals surface area contributed by atoms with Crippen LogP contribution >= 0.6 is 11.6 Å². The first-order chi connectivity index (χ1) is 10.5. The molecule has 0 aromatic heterocycles. The van der Waals surface area contributed by atoms with Crippen molar-refractivity contribution in [2.45, 2.75) is 26.3 Å². The van der Waals surface area contributed by atoms with E-state index in [0.29, 0.717) is 16.6 Å². The summed E-state index contributed by atoms with van der Waals surface area (Å²) >= 11 is 5.93. The Kier molecular flexibility index (Phi) is 5.84. The van der Waals surface area contributed by atoms with E-state index >= 15 is 0 Å². The standard InChI is InChI=1S/C18H21ClN2O/c1-13(2)11-17(14-7-4-3-5-8-14)21-18(22)20-16-10-6-9-15(19)12-16/h3-10,12-13,17H,11H2,1-2H3,(H2,20,21,22)/t17-/m1/s1. The van der Waals surface area contributed by atoms with Crippen LogP contribution in [-0.2, 0) is 0 Å². The van der Waals surface area contributed by atoms with Crippen molar-refractivity contribution < 1.29 is 4.79 Å². The van der Waals surface area contributed by atoms with Gasteiger partial charge in [-0.1, -0.05) is 61.8 Å². The van der Waals surface area contributed by atoms with Crippen molar-refractivity contribution >= 4 is 23.3 Å². The normalized spacial score (nSPS) is 12.0. The molecule has 3 nitrogen and oxygen atoms in total. The van der Waals surface area contributed by atoms with Crippen LogP contribution in [0, 0.1) is 5.92 Å². The molecule has 0 aliphatic carbocycles. The number of urea groups is 1. The molecule has 2 amide bonds. The van der Waals surface area contributed by atoms with E-state index in [0.717, 1.165) is 12.0 Å². The van der Waals surface area contributed by atoms with E-state index in [2.05, 4.69) is 24.5 Å². The van der Waals surface area contributed by atoms with Crippen LogP contribution in [0.1, 0.15) is 31.9 Å². The Morgan fingerprint density at radius 1 is 1.09 bits per heavy atom. The summed E-state index contributed by atoms with van der Waals surface area (Å²) in [5.41, 5.74) is 1.79. The molecule has 0 saturated heterocycles. The molecule has 0 spiro atoms. The Labute approximate surface area is 136 Å². The van der Waals surface area contributed by atoms with Gasteiger partial charge in [-0.2, -0.15) is 0 Å². The van der Waals surface area contributed by atoms with E-state index in [-0.39, 0.29) is 12.1 Å². The highest BCUT2D eigenvalue weighted by Gasteiger charge is 2.16. The lowest BCUT2D eigenvalue weighted by Crippen LogP contribution is -2.33. The minimum Gasteiger partial charge on any atom is -0.331 e. The number of anilines is 1. The molecule has 0 radical (unpaired) electrons. The fraction of sp³-hybridized carbons (Fsp3) is 0.278. The minimum absolute atomic E-state index is 0.0135. The average molecular weight is 317 g/mol. The summed E-state index contributed by atoms with van der Waals surface area (Å²) in [5, 5.41) is 6.46. The quantitative estimate of drug-likeness (QED) is 0.777. The molecule has 0 aliphatic heterocycles. The van der Waals surface area contributed by atoms with E-state index in [1.165, 1.54) is 0 Å². The van der Waals surface area contributed by atoms with E-state index in [1.807, 2.05) is 36.4 Å². The number of benzene rings is 2. The number of rotatable bonds is 5. The van der Waals surface area contributed by atoms with Gasteiger partial charge in [-0.3, -0.25) is 0 Å². The summed E-state index contributed by atoms with van der Waals surface area (Å²) in [6.07, 6.45) is 0.882. The summed E-state index contributed by atoms with van der Waals surface area (Å²) in [4.78, 5) is 12.2. The third kappa shape index (κ3) is 5.08. The lowest BCUT2D eigenvalue weighted by molar-refractivity contribution is 0.246. The minimum atomic E-state index is -0.225. The summed E-state index contributed by atoms with van der Waals surface area (Å²) in [6, 6.07) is 16.9. The highest BCUT2D eigenvalue weighted by atomic mass is 35.5. The second-order valence-electron chi connectivity index (χ2n) is 5.70. The van der Waals surface area contributed by atoms with Crippen LogP contribution in [-0.4, -0.2) is 6.03 Å². The Balaban J connectivity index is 2.05. The molecule has 0 aliphatic rings. The Morgan fingerprint density at radius 2 is 1.82 bits per heavy atom. The topological polar surface area (TPSA) is 41.1 Å². The number of hydrogen-bond donors (Lipinski definition) is 2. The molecule has 4 heteroatoms. The number of halogens is 1. The monoisotopic (exact) mass is 316 g/mol. The number of carbonyl (C=O) groups is 1. The Morgan fingerprint density at radius 3 is 2.45 bits per heavy atom. The van der Waals surface area contributed by atoms with Crippen molar-refractivity contribution in [2.75, 3.05) is 5.32 Å². The van der Waals surface area contributed by atoms with Crippen LogP contribution in [0.15, 0.2) is 54.6 Å². The molecular formula is C18H21ClN2O. The van der Waals surface area contributed by atoms with Crippen molar-refractivity contribution in [3.05, 3.63) is 65.2 Å². The SMILES string of the molecule is CC(C)C[C@@H](NC(=O)Nc1cccc(Cl)c1)c1ccccc1. The molecule has 0 heterocycles. The molecule has 0 fully saturated rings. The molecular weight excluding hydrogens is 296 g/mol. The van der Waals surface area contributed by atoms with Crippen LogP contribution in [0.25, 0.3) is 0 Å². The van der Waals surface area contributed by atoms with Gasteiger partial charge in [-0.15, -0.1) is 0 Å². The Hall–Kier alpha value is -2.00. The molecule has 0 bridgehead atoms. The van der Waals surface area contributed by atoms with Gasteiger partial charge in [0.1, 0.15) is 0 Å². The highest BCUT2D eigenvalue weighted by molar-refractivity contribution is 6.30. The van der Waals surface area contributed by atoms with Crippen molar-refractivity contribution in [1.29, 1.82) is 0 Å². The van der Waals surface area contributed by atoms with Crippen molar-refractivity contribution in [1.82, 2.24) is 5.32 Å². The van der Waals surface area contributed by atoms with Crippen LogP contribution in [0.4, 0.5) is 10.5 Å². The summed E-state index contributed by atoms with van der Waals surface area (Å²) < 4.78 is 0. The third-order valence-electron chi connectivity index (χ3n) is 3.30. The fourth-order valence-electron chi connectivity index (χ4n) is 2.33. The van der Waals surface area contributed by atoms with Gasteiger partial charge in [-0.25, -0.2) is 4.79 Å². The van der Waals surface area contributed by atoms with Crippen LogP contribution in [0.5, 0.6) is 0 Å². The molecule has 1 atom stereocenters. The first-order valence-corrected chi connectivity index (χ1v) is 7.80. The fourth-order valence-corrected chi connectivity index (χ4v) is 2.52. The van der Waals surface area contributed by atoms with Gasteiger partial charge in [0, 0.05) is 10.7 Å². The van der Waals surface area contributed by atoms with Crippen molar-refractivity contribution in [2.24, 2.45) is 5.92 Å². The maximum atomic E-state index is 12.2. The second kappa shape index (κ2) is 7.85. The molecule has 2 aromatic carbocycles. The summed E-state index contributed by atoms with van der Waals surface area (Å²) in [6.45, 7) is 4.29. The van der Waals surface area contributed by atoms with Crippen molar-refractivity contribution in [3.8, 4) is 0 Å². The predicted molar refractivity (Wildman–Crippen MR) is 92.2 cm³/mol. The zero-order valence-corrected chi connectivity index (χ0v) is 13.6. The number of carbonyl (C=O) groups excluding carboxylic acids is 1. The van der Waals surface area contributed by atoms with E-state index in [4.69, 9.17) is 11.6 Å². The number of nitrogens with one attached hydrogen (secondary N) is 2. The molecule has 0 unspecified atom stereocenters. The summed E-state index contributed by atoms with van der Waals surface area (Å²) in [7, 11) is 0.